The SMILES string of the molecule is CC(C)(N)COc1ncc(Cl)cc1[N+](=O)[O-]. The van der Waals surface area contributed by atoms with E-state index in [1.807, 2.05) is 0 Å². The number of nitrogens with two attached hydrogens (primary N) is 1. The first kappa shape index (κ1) is 12.7. The number of nitro groups is 1. The molecule has 0 spiro atoms. The molecule has 0 saturated carbocycles. The van der Waals surface area contributed by atoms with E-state index < -0.39 is 10.5 Å². The lowest BCUT2D eigenvalue weighted by molar-refractivity contribution is -0.386. The van der Waals surface area contributed by atoms with Crippen LogP contribution in [0.15, 0.2) is 12.3 Å². The number of halogens is 1. The molecular formula is C9H12ClN3O3. The number of hydrogen-bond donors (Lipinski definition) is 1. The van der Waals surface area contributed by atoms with Gasteiger partial charge in [-0.2, -0.15) is 0 Å². The lowest BCUT2D eigenvalue weighted by Gasteiger charge is -2.18. The van der Waals surface area contributed by atoms with E-state index in [4.69, 9.17) is 22.1 Å². The van der Waals surface area contributed by atoms with E-state index in [2.05, 4.69) is 4.98 Å². The summed E-state index contributed by atoms with van der Waals surface area (Å²) in [7, 11) is 0. The van der Waals surface area contributed by atoms with Crippen LogP contribution in [0, 0.1) is 10.1 Å². The van der Waals surface area contributed by atoms with E-state index in [0.29, 0.717) is 0 Å². The molecule has 1 heterocycles. The monoisotopic (exact) mass is 245 g/mol. The van der Waals surface area contributed by atoms with Gasteiger partial charge in [0.15, 0.2) is 0 Å². The maximum absolute atomic E-state index is 10.7. The molecule has 7 heteroatoms. The summed E-state index contributed by atoms with van der Waals surface area (Å²) < 4.78 is 5.18. The molecule has 1 aromatic rings. The van der Waals surface area contributed by atoms with Crippen molar-refractivity contribution in [2.24, 2.45) is 5.73 Å². The van der Waals surface area contributed by atoms with Crippen LogP contribution in [0.2, 0.25) is 5.02 Å². The summed E-state index contributed by atoms with van der Waals surface area (Å²) in [5, 5.41) is 10.9. The molecule has 0 saturated heterocycles. The predicted octanol–water partition coefficient (Wildman–Crippen LogP) is 1.76. The van der Waals surface area contributed by atoms with Gasteiger partial charge in [0.25, 0.3) is 5.88 Å². The molecule has 0 amide bonds. The highest BCUT2D eigenvalue weighted by atomic mass is 35.5. The van der Waals surface area contributed by atoms with Gasteiger partial charge >= 0.3 is 5.69 Å². The van der Waals surface area contributed by atoms with Crippen LogP contribution in [-0.4, -0.2) is 22.1 Å². The number of hydrogen-bond acceptors (Lipinski definition) is 5. The van der Waals surface area contributed by atoms with Crippen molar-refractivity contribution in [1.29, 1.82) is 0 Å². The lowest BCUT2D eigenvalue weighted by Crippen LogP contribution is -2.38. The van der Waals surface area contributed by atoms with E-state index in [-0.39, 0.29) is 23.2 Å². The second-order valence-corrected chi connectivity index (χ2v) is 4.45. The molecule has 1 rings (SSSR count). The standard InChI is InChI=1S/C9H12ClN3O3/c1-9(2,11)5-16-8-7(13(14)15)3-6(10)4-12-8/h3-4H,5,11H2,1-2H3. The van der Waals surface area contributed by atoms with E-state index in [1.54, 1.807) is 13.8 Å². The minimum absolute atomic E-state index is 0.0760. The molecule has 0 radical (unpaired) electrons. The van der Waals surface area contributed by atoms with Gasteiger partial charge in [-0.25, -0.2) is 4.98 Å². The molecule has 0 aliphatic carbocycles. The Balaban J connectivity index is 2.91. The molecule has 2 N–H and O–H groups in total. The fourth-order valence-electron chi connectivity index (χ4n) is 0.912. The third kappa shape index (κ3) is 3.63. The molecule has 1 aromatic heterocycles. The molecule has 0 unspecified atom stereocenters. The Hall–Kier alpha value is -1.40. The highest BCUT2D eigenvalue weighted by molar-refractivity contribution is 6.30. The van der Waals surface area contributed by atoms with Gasteiger partial charge in [0, 0.05) is 11.6 Å². The molecule has 0 aliphatic rings. The summed E-state index contributed by atoms with van der Waals surface area (Å²) in [5.74, 6) is -0.0760. The average Bonchev–Trinajstić information content (AvgIpc) is 2.14. The zero-order valence-electron chi connectivity index (χ0n) is 8.94. The van der Waals surface area contributed by atoms with Crippen LogP contribution in [0.5, 0.6) is 5.88 Å². The van der Waals surface area contributed by atoms with Crippen LogP contribution in [0.1, 0.15) is 13.8 Å². The largest absolute Gasteiger partial charge is 0.471 e. The van der Waals surface area contributed by atoms with Crippen molar-refractivity contribution in [3.63, 3.8) is 0 Å². The van der Waals surface area contributed by atoms with Crippen LogP contribution in [0.4, 0.5) is 5.69 Å². The molecule has 0 atom stereocenters. The Morgan fingerprint density at radius 3 is 2.81 bits per heavy atom. The predicted molar refractivity (Wildman–Crippen MR) is 59.7 cm³/mol. The quantitative estimate of drug-likeness (QED) is 0.645. The molecule has 0 aromatic carbocycles. The first-order chi connectivity index (χ1) is 7.29. The van der Waals surface area contributed by atoms with Gasteiger partial charge < -0.3 is 10.5 Å². The summed E-state index contributed by atoms with van der Waals surface area (Å²) in [6, 6.07) is 1.19. The molecule has 0 bridgehead atoms. The third-order valence-corrected chi connectivity index (χ3v) is 1.78. The van der Waals surface area contributed by atoms with Crippen molar-refractivity contribution >= 4 is 17.3 Å². The summed E-state index contributed by atoms with van der Waals surface area (Å²) in [4.78, 5) is 13.8. The molecule has 6 nitrogen and oxygen atoms in total. The fraction of sp³-hybridized carbons (Fsp3) is 0.444. The van der Waals surface area contributed by atoms with Crippen LogP contribution < -0.4 is 10.5 Å². The smallest absolute Gasteiger partial charge is 0.332 e. The van der Waals surface area contributed by atoms with E-state index in [9.17, 15) is 10.1 Å². The molecule has 0 fully saturated rings. The van der Waals surface area contributed by atoms with Crippen molar-refractivity contribution in [2.75, 3.05) is 6.61 Å². The van der Waals surface area contributed by atoms with Gasteiger partial charge in [-0.3, -0.25) is 10.1 Å². The van der Waals surface area contributed by atoms with Gasteiger partial charge in [-0.15, -0.1) is 0 Å². The first-order valence-corrected chi connectivity index (χ1v) is 4.89. The lowest BCUT2D eigenvalue weighted by atomic mass is 10.1. The van der Waals surface area contributed by atoms with Gasteiger partial charge in [0.05, 0.1) is 16.1 Å². The Kier molecular flexibility index (Phi) is 3.66. The average molecular weight is 246 g/mol. The molecule has 0 aliphatic heterocycles. The summed E-state index contributed by atoms with van der Waals surface area (Å²) in [5.41, 5.74) is 4.84. The number of ether oxygens (including phenoxy) is 1. The minimum atomic E-state index is -0.599. The van der Waals surface area contributed by atoms with Crippen molar-refractivity contribution in [3.05, 3.63) is 27.4 Å². The highest BCUT2D eigenvalue weighted by Crippen LogP contribution is 2.27. The first-order valence-electron chi connectivity index (χ1n) is 4.51. The summed E-state index contributed by atoms with van der Waals surface area (Å²) in [6.45, 7) is 3.62. The van der Waals surface area contributed by atoms with Crippen LogP contribution >= 0.6 is 11.6 Å². The van der Waals surface area contributed by atoms with Crippen LogP contribution in [0.3, 0.4) is 0 Å². The summed E-state index contributed by atoms with van der Waals surface area (Å²) in [6.07, 6.45) is 1.29. The van der Waals surface area contributed by atoms with Gasteiger partial charge in [-0.1, -0.05) is 11.6 Å². The van der Waals surface area contributed by atoms with Crippen LogP contribution in [0.25, 0.3) is 0 Å². The number of pyridine rings is 1. The Morgan fingerprint density at radius 1 is 1.69 bits per heavy atom. The van der Waals surface area contributed by atoms with Crippen molar-refractivity contribution in [1.82, 2.24) is 4.98 Å². The van der Waals surface area contributed by atoms with Crippen molar-refractivity contribution in [2.45, 2.75) is 19.4 Å². The normalized spacial score (nSPS) is 11.2. The van der Waals surface area contributed by atoms with Crippen LogP contribution in [-0.2, 0) is 0 Å². The van der Waals surface area contributed by atoms with E-state index >= 15 is 0 Å². The molecule has 88 valence electrons. The van der Waals surface area contributed by atoms with E-state index in [1.165, 1.54) is 12.3 Å². The Bertz CT molecular complexity index is 403. The summed E-state index contributed by atoms with van der Waals surface area (Å²) >= 11 is 5.60. The fourth-order valence-corrected chi connectivity index (χ4v) is 1.06. The maximum Gasteiger partial charge on any atom is 0.332 e. The van der Waals surface area contributed by atoms with E-state index in [0.717, 1.165) is 0 Å². The van der Waals surface area contributed by atoms with Crippen molar-refractivity contribution < 1.29 is 9.66 Å². The Labute approximate surface area is 97.5 Å². The van der Waals surface area contributed by atoms with Gasteiger partial charge in [-0.05, 0) is 13.8 Å². The zero-order chi connectivity index (χ0) is 12.3. The minimum Gasteiger partial charge on any atom is -0.471 e. The molecule has 16 heavy (non-hydrogen) atoms. The highest BCUT2D eigenvalue weighted by Gasteiger charge is 2.20. The maximum atomic E-state index is 10.7. The van der Waals surface area contributed by atoms with Gasteiger partial charge in [0.2, 0.25) is 0 Å². The third-order valence-electron chi connectivity index (χ3n) is 1.58. The number of aromatic nitrogens is 1. The molecular weight excluding hydrogens is 234 g/mol. The Morgan fingerprint density at radius 2 is 2.31 bits per heavy atom. The number of nitrogens with zero attached hydrogens (tertiary/aromatic N) is 2. The second-order valence-electron chi connectivity index (χ2n) is 4.01. The van der Waals surface area contributed by atoms with Gasteiger partial charge in [0.1, 0.15) is 6.61 Å². The van der Waals surface area contributed by atoms with Crippen molar-refractivity contribution in [3.8, 4) is 5.88 Å². The topological polar surface area (TPSA) is 91.3 Å². The number of rotatable bonds is 4. The second kappa shape index (κ2) is 4.63. The zero-order valence-corrected chi connectivity index (χ0v) is 9.69.